The molecule has 2 aliphatic rings. The number of ether oxygens (including phenoxy) is 1. The number of hydrogen-bond acceptors (Lipinski definition) is 2. The molecule has 0 radical (unpaired) electrons. The van der Waals surface area contributed by atoms with Crippen molar-refractivity contribution in [3.05, 3.63) is 28.2 Å². The first-order chi connectivity index (χ1) is 8.63. The van der Waals surface area contributed by atoms with Gasteiger partial charge in [-0.1, -0.05) is 42.1 Å². The summed E-state index contributed by atoms with van der Waals surface area (Å²) in [4.78, 5) is 0. The van der Waals surface area contributed by atoms with Crippen LogP contribution in [0.1, 0.15) is 32.1 Å². The fourth-order valence-electron chi connectivity index (χ4n) is 3.40. The number of rotatable bonds is 2. The van der Waals surface area contributed by atoms with Crippen molar-refractivity contribution in [1.29, 1.82) is 0 Å². The van der Waals surface area contributed by atoms with Crippen molar-refractivity contribution in [2.24, 2.45) is 11.1 Å². The molecule has 1 aromatic rings. The third kappa shape index (κ3) is 1.82. The van der Waals surface area contributed by atoms with Crippen molar-refractivity contribution in [1.82, 2.24) is 0 Å². The molecule has 2 saturated carbocycles. The van der Waals surface area contributed by atoms with Crippen molar-refractivity contribution in [2.75, 3.05) is 0 Å². The minimum absolute atomic E-state index is 0.186. The minimum Gasteiger partial charge on any atom is -0.488 e. The molecule has 98 valence electrons. The number of hydrogen-bond donors (Lipinski definition) is 1. The summed E-state index contributed by atoms with van der Waals surface area (Å²) in [5.74, 6) is 0.687. The van der Waals surface area contributed by atoms with Crippen LogP contribution in [0.2, 0.25) is 10.0 Å². The first-order valence-electron chi connectivity index (χ1n) is 6.50. The molecule has 4 heteroatoms. The molecule has 2 N–H and O–H groups in total. The van der Waals surface area contributed by atoms with Crippen LogP contribution in [0.15, 0.2) is 18.2 Å². The fourth-order valence-corrected chi connectivity index (χ4v) is 3.73. The van der Waals surface area contributed by atoms with Gasteiger partial charge in [0, 0.05) is 17.9 Å². The largest absolute Gasteiger partial charge is 0.488 e. The average molecular weight is 286 g/mol. The first-order valence-corrected chi connectivity index (χ1v) is 7.25. The molecule has 1 spiro atoms. The number of nitrogens with two attached hydrogens (primary N) is 1. The van der Waals surface area contributed by atoms with Gasteiger partial charge >= 0.3 is 0 Å². The Balaban J connectivity index is 1.79. The lowest BCUT2D eigenvalue weighted by atomic mass is 9.61. The molecule has 2 unspecified atom stereocenters. The van der Waals surface area contributed by atoms with E-state index in [9.17, 15) is 0 Å². The lowest BCUT2D eigenvalue weighted by Crippen LogP contribution is -2.62. The summed E-state index contributed by atoms with van der Waals surface area (Å²) in [5, 5.41) is 1.05. The van der Waals surface area contributed by atoms with Gasteiger partial charge in [0.15, 0.2) is 0 Å². The van der Waals surface area contributed by atoms with Crippen molar-refractivity contribution in [3.63, 3.8) is 0 Å². The van der Waals surface area contributed by atoms with E-state index in [2.05, 4.69) is 0 Å². The summed E-state index contributed by atoms with van der Waals surface area (Å²) >= 11 is 12.2. The molecule has 0 saturated heterocycles. The van der Waals surface area contributed by atoms with E-state index in [1.807, 2.05) is 12.1 Å². The van der Waals surface area contributed by atoms with Crippen molar-refractivity contribution >= 4 is 23.2 Å². The Morgan fingerprint density at radius 1 is 1.22 bits per heavy atom. The quantitative estimate of drug-likeness (QED) is 0.890. The highest BCUT2D eigenvalue weighted by molar-refractivity contribution is 6.42. The monoisotopic (exact) mass is 285 g/mol. The normalized spacial score (nSPS) is 29.3. The zero-order chi connectivity index (χ0) is 12.8. The van der Waals surface area contributed by atoms with E-state index >= 15 is 0 Å². The van der Waals surface area contributed by atoms with Gasteiger partial charge in [0.2, 0.25) is 0 Å². The van der Waals surface area contributed by atoms with Crippen LogP contribution in [0.5, 0.6) is 5.75 Å². The summed E-state index contributed by atoms with van der Waals surface area (Å²) in [5.41, 5.74) is 6.38. The highest BCUT2D eigenvalue weighted by Gasteiger charge is 2.56. The molecular formula is C14H17Cl2NO. The molecule has 2 nitrogen and oxygen atoms in total. The lowest BCUT2D eigenvalue weighted by Gasteiger charge is -2.52. The van der Waals surface area contributed by atoms with Gasteiger partial charge in [-0.15, -0.1) is 0 Å². The molecule has 0 amide bonds. The number of benzene rings is 1. The molecule has 18 heavy (non-hydrogen) atoms. The second kappa shape index (κ2) is 4.59. The highest BCUT2D eigenvalue weighted by Crippen LogP contribution is 2.54. The first kappa shape index (κ1) is 12.6. The SMILES string of the molecule is NC1CC(Oc2cccc(Cl)c2Cl)C12CCCC2. The average Bonchev–Trinajstić information content (AvgIpc) is 2.86. The predicted molar refractivity (Wildman–Crippen MR) is 74.4 cm³/mol. The molecule has 0 aromatic heterocycles. The van der Waals surface area contributed by atoms with Gasteiger partial charge in [0.25, 0.3) is 0 Å². The molecule has 0 bridgehead atoms. The summed E-state index contributed by atoms with van der Waals surface area (Å²) in [6.07, 6.45) is 6.00. The van der Waals surface area contributed by atoms with E-state index in [-0.39, 0.29) is 17.6 Å². The van der Waals surface area contributed by atoms with Gasteiger partial charge in [0.05, 0.1) is 5.02 Å². The summed E-state index contributed by atoms with van der Waals surface area (Å²) in [7, 11) is 0. The van der Waals surface area contributed by atoms with Crippen molar-refractivity contribution in [3.8, 4) is 5.75 Å². The molecule has 2 aliphatic carbocycles. The van der Waals surface area contributed by atoms with E-state index < -0.39 is 0 Å². The van der Waals surface area contributed by atoms with E-state index in [1.54, 1.807) is 6.07 Å². The van der Waals surface area contributed by atoms with Gasteiger partial charge in [-0.25, -0.2) is 0 Å². The second-order valence-electron chi connectivity index (χ2n) is 5.44. The highest BCUT2D eigenvalue weighted by atomic mass is 35.5. The maximum atomic E-state index is 6.19. The van der Waals surface area contributed by atoms with Crippen molar-refractivity contribution < 1.29 is 4.74 Å². The third-order valence-electron chi connectivity index (χ3n) is 4.57. The maximum absolute atomic E-state index is 6.19. The van der Waals surface area contributed by atoms with Gasteiger partial charge in [-0.3, -0.25) is 0 Å². The fraction of sp³-hybridized carbons (Fsp3) is 0.571. The Labute approximate surface area is 117 Å². The van der Waals surface area contributed by atoms with E-state index in [1.165, 1.54) is 25.7 Å². The maximum Gasteiger partial charge on any atom is 0.139 e. The Kier molecular flexibility index (Phi) is 3.21. The molecule has 2 fully saturated rings. The van der Waals surface area contributed by atoms with Crippen molar-refractivity contribution in [2.45, 2.75) is 44.2 Å². The second-order valence-corrected chi connectivity index (χ2v) is 6.23. The van der Waals surface area contributed by atoms with Gasteiger partial charge in [-0.2, -0.15) is 0 Å². The third-order valence-corrected chi connectivity index (χ3v) is 5.37. The van der Waals surface area contributed by atoms with E-state index in [4.69, 9.17) is 33.7 Å². The van der Waals surface area contributed by atoms with Crippen LogP contribution in [-0.2, 0) is 0 Å². The molecule has 2 atom stereocenters. The molecular weight excluding hydrogens is 269 g/mol. The van der Waals surface area contributed by atoms with Crippen LogP contribution in [0.3, 0.4) is 0 Å². The smallest absolute Gasteiger partial charge is 0.139 e. The summed E-state index contributed by atoms with van der Waals surface area (Å²) < 4.78 is 6.07. The Bertz CT molecular complexity index is 457. The van der Waals surface area contributed by atoms with E-state index in [0.29, 0.717) is 15.8 Å². The molecule has 3 rings (SSSR count). The van der Waals surface area contributed by atoms with Gasteiger partial charge < -0.3 is 10.5 Å². The Hall–Kier alpha value is -0.440. The van der Waals surface area contributed by atoms with Crippen LogP contribution < -0.4 is 10.5 Å². The van der Waals surface area contributed by atoms with Crippen LogP contribution >= 0.6 is 23.2 Å². The standard InChI is InChI=1S/C14H17Cl2NO/c15-9-4-3-5-10(13(9)16)18-12-8-11(17)14(12)6-1-2-7-14/h3-5,11-12H,1-2,6-8,17H2. The molecule has 0 heterocycles. The van der Waals surface area contributed by atoms with Crippen LogP contribution in [0.25, 0.3) is 0 Å². The predicted octanol–water partition coefficient (Wildman–Crippen LogP) is 4.03. The van der Waals surface area contributed by atoms with Gasteiger partial charge in [0.1, 0.15) is 16.9 Å². The summed E-state index contributed by atoms with van der Waals surface area (Å²) in [6, 6.07) is 5.79. The lowest BCUT2D eigenvalue weighted by molar-refractivity contribution is -0.0619. The molecule has 0 aliphatic heterocycles. The Morgan fingerprint density at radius 3 is 2.61 bits per heavy atom. The van der Waals surface area contributed by atoms with Gasteiger partial charge in [-0.05, 0) is 25.0 Å². The van der Waals surface area contributed by atoms with E-state index in [0.717, 1.165) is 6.42 Å². The molecule has 1 aromatic carbocycles. The zero-order valence-corrected chi connectivity index (χ0v) is 11.7. The zero-order valence-electron chi connectivity index (χ0n) is 10.2. The van der Waals surface area contributed by atoms with Crippen LogP contribution in [-0.4, -0.2) is 12.1 Å². The topological polar surface area (TPSA) is 35.2 Å². The minimum atomic E-state index is 0.186. The van der Waals surface area contributed by atoms with Crippen LogP contribution in [0.4, 0.5) is 0 Å². The van der Waals surface area contributed by atoms with Crippen LogP contribution in [0, 0.1) is 5.41 Å². The number of halogens is 2. The summed E-state index contributed by atoms with van der Waals surface area (Å²) in [6.45, 7) is 0. The Morgan fingerprint density at radius 2 is 1.94 bits per heavy atom.